The maximum atomic E-state index is 14.0. The van der Waals surface area contributed by atoms with Crippen molar-refractivity contribution in [3.63, 3.8) is 0 Å². The molecule has 4 aromatic rings. The Morgan fingerprint density at radius 3 is 2.64 bits per heavy atom. The molecule has 2 N–H and O–H groups in total. The highest BCUT2D eigenvalue weighted by Gasteiger charge is 2.28. The Morgan fingerprint density at radius 2 is 1.92 bits per heavy atom. The van der Waals surface area contributed by atoms with E-state index in [0.717, 1.165) is 25.0 Å². The van der Waals surface area contributed by atoms with Crippen LogP contribution in [0.4, 0.5) is 14.6 Å². The van der Waals surface area contributed by atoms with Gasteiger partial charge in [0.05, 0.1) is 17.5 Å². The maximum Gasteiger partial charge on any atom is 0.236 e. The highest BCUT2D eigenvalue weighted by Crippen LogP contribution is 2.35. The number of ether oxygens (including phenoxy) is 1. The summed E-state index contributed by atoms with van der Waals surface area (Å²) in [6, 6.07) is 11.8. The van der Waals surface area contributed by atoms with Crippen molar-refractivity contribution >= 4 is 22.8 Å². The van der Waals surface area contributed by atoms with Crippen molar-refractivity contribution in [2.24, 2.45) is 0 Å². The van der Waals surface area contributed by atoms with Crippen LogP contribution in [0, 0.1) is 23.0 Å². The third-order valence-corrected chi connectivity index (χ3v) is 6.11. The van der Waals surface area contributed by atoms with E-state index in [9.17, 15) is 13.6 Å². The summed E-state index contributed by atoms with van der Waals surface area (Å²) in [7, 11) is 0. The number of anilines is 1. The van der Waals surface area contributed by atoms with E-state index in [1.807, 2.05) is 6.07 Å². The average molecular weight is 489 g/mol. The SMILES string of the molecule is N#CCC(=O)N1CCC[C@@H](n2nc(-c3ccc(Oc4c(F)cccc4F)cc3)c3c(N)ncnc32)C1. The van der Waals surface area contributed by atoms with E-state index in [0.29, 0.717) is 35.4 Å². The number of nitrogens with two attached hydrogens (primary N) is 1. The molecule has 1 saturated heterocycles. The molecule has 0 saturated carbocycles. The first-order chi connectivity index (χ1) is 17.5. The Morgan fingerprint density at radius 1 is 1.17 bits per heavy atom. The van der Waals surface area contributed by atoms with Gasteiger partial charge in [0, 0.05) is 18.7 Å². The molecule has 0 radical (unpaired) electrons. The Bertz CT molecular complexity index is 1460. The van der Waals surface area contributed by atoms with Crippen molar-refractivity contribution in [3.8, 4) is 28.8 Å². The average Bonchev–Trinajstić information content (AvgIpc) is 3.28. The molecule has 1 amide bonds. The smallest absolute Gasteiger partial charge is 0.236 e. The summed E-state index contributed by atoms with van der Waals surface area (Å²) in [6.07, 6.45) is 2.73. The lowest BCUT2D eigenvalue weighted by molar-refractivity contribution is -0.131. The zero-order valence-corrected chi connectivity index (χ0v) is 19.1. The maximum absolute atomic E-state index is 14.0. The second kappa shape index (κ2) is 9.58. The zero-order valence-electron chi connectivity index (χ0n) is 19.1. The number of likely N-dealkylation sites (tertiary alicyclic amines) is 1. The third-order valence-electron chi connectivity index (χ3n) is 6.11. The molecule has 2 aromatic heterocycles. The van der Waals surface area contributed by atoms with Gasteiger partial charge in [-0.25, -0.2) is 23.4 Å². The normalized spacial score (nSPS) is 15.6. The van der Waals surface area contributed by atoms with Gasteiger partial charge in [0.2, 0.25) is 5.91 Å². The summed E-state index contributed by atoms with van der Waals surface area (Å²) in [5.41, 5.74) is 7.95. The number of hydrogen-bond acceptors (Lipinski definition) is 7. The monoisotopic (exact) mass is 489 g/mol. The summed E-state index contributed by atoms with van der Waals surface area (Å²) in [5.74, 6) is -1.80. The highest BCUT2D eigenvalue weighted by atomic mass is 19.1. The number of nitrogens with zero attached hydrogens (tertiary/aromatic N) is 6. The highest BCUT2D eigenvalue weighted by molar-refractivity contribution is 5.98. The van der Waals surface area contributed by atoms with E-state index in [1.165, 1.54) is 12.4 Å². The van der Waals surface area contributed by atoms with Crippen LogP contribution in [0.2, 0.25) is 0 Å². The van der Waals surface area contributed by atoms with E-state index >= 15 is 0 Å². The predicted molar refractivity (Wildman–Crippen MR) is 127 cm³/mol. The van der Waals surface area contributed by atoms with Crippen LogP contribution in [-0.4, -0.2) is 43.6 Å². The van der Waals surface area contributed by atoms with Gasteiger partial charge in [-0.05, 0) is 49.2 Å². The van der Waals surface area contributed by atoms with E-state index in [2.05, 4.69) is 9.97 Å². The molecule has 36 heavy (non-hydrogen) atoms. The number of carbonyl (C=O) groups is 1. The molecule has 11 heteroatoms. The van der Waals surface area contributed by atoms with E-state index in [4.69, 9.17) is 20.8 Å². The summed E-state index contributed by atoms with van der Waals surface area (Å²) in [6.45, 7) is 0.992. The predicted octanol–water partition coefficient (Wildman–Crippen LogP) is 4.22. The van der Waals surface area contributed by atoms with Crippen molar-refractivity contribution in [2.75, 3.05) is 18.8 Å². The minimum Gasteiger partial charge on any atom is -0.451 e. The zero-order chi connectivity index (χ0) is 25.2. The van der Waals surface area contributed by atoms with E-state index in [-0.39, 0.29) is 29.9 Å². The first-order valence-electron chi connectivity index (χ1n) is 11.3. The standard InChI is InChI=1S/C25H21F2N7O2/c26-18-4-1-5-19(27)23(18)36-17-8-6-15(7-9-17)22-21-24(29)30-14-31-25(21)34(32-22)16-3-2-12-33(13-16)20(35)10-11-28/h1,4-9,14,16H,2-3,10,12-13H2,(H2,29,30,31)/t16-/m1/s1. The van der Waals surface area contributed by atoms with Gasteiger partial charge >= 0.3 is 0 Å². The van der Waals surface area contributed by atoms with Gasteiger partial charge in [0.25, 0.3) is 0 Å². The minimum absolute atomic E-state index is 0.154. The van der Waals surface area contributed by atoms with Gasteiger partial charge in [-0.3, -0.25) is 4.79 Å². The van der Waals surface area contributed by atoms with Gasteiger partial charge in [0.1, 0.15) is 30.0 Å². The summed E-state index contributed by atoms with van der Waals surface area (Å²) >= 11 is 0. The Hall–Kier alpha value is -4.59. The van der Waals surface area contributed by atoms with Crippen LogP contribution in [-0.2, 0) is 4.79 Å². The molecule has 5 rings (SSSR count). The second-order valence-corrected chi connectivity index (χ2v) is 8.40. The molecule has 0 aliphatic carbocycles. The van der Waals surface area contributed by atoms with Gasteiger partial charge < -0.3 is 15.4 Å². The number of aromatic nitrogens is 4. The lowest BCUT2D eigenvalue weighted by Gasteiger charge is -2.32. The molecule has 0 unspecified atom stereocenters. The molecule has 9 nitrogen and oxygen atoms in total. The van der Waals surface area contributed by atoms with Crippen molar-refractivity contribution in [2.45, 2.75) is 25.3 Å². The summed E-state index contributed by atoms with van der Waals surface area (Å²) in [5, 5.41) is 14.2. The van der Waals surface area contributed by atoms with Gasteiger partial charge in [-0.15, -0.1) is 0 Å². The number of nitriles is 1. The third kappa shape index (κ3) is 4.29. The van der Waals surface area contributed by atoms with Crippen LogP contribution in [0.3, 0.4) is 0 Å². The minimum atomic E-state index is -0.802. The molecule has 0 bridgehead atoms. The summed E-state index contributed by atoms with van der Waals surface area (Å²) in [4.78, 5) is 22.5. The fraction of sp³-hybridized carbons (Fsp3) is 0.240. The van der Waals surface area contributed by atoms with Gasteiger partial charge in [-0.1, -0.05) is 6.07 Å². The number of hydrogen-bond donors (Lipinski definition) is 1. The number of benzene rings is 2. The van der Waals surface area contributed by atoms with Crippen LogP contribution < -0.4 is 10.5 Å². The lowest BCUT2D eigenvalue weighted by atomic mass is 10.1. The molecular formula is C25H21F2N7O2. The summed E-state index contributed by atoms with van der Waals surface area (Å²) < 4.78 is 35.1. The van der Waals surface area contributed by atoms with Crippen LogP contribution in [0.5, 0.6) is 11.5 Å². The van der Waals surface area contributed by atoms with E-state index in [1.54, 1.807) is 33.8 Å². The quantitative estimate of drug-likeness (QED) is 0.445. The number of carbonyl (C=O) groups excluding carboxylic acids is 1. The molecular weight excluding hydrogens is 468 g/mol. The van der Waals surface area contributed by atoms with Crippen molar-refractivity contribution < 1.29 is 18.3 Å². The molecule has 1 atom stereocenters. The van der Waals surface area contributed by atoms with Crippen molar-refractivity contribution in [1.82, 2.24) is 24.6 Å². The number of rotatable bonds is 5. The van der Waals surface area contributed by atoms with Crippen LogP contribution in [0.25, 0.3) is 22.3 Å². The van der Waals surface area contributed by atoms with Crippen LogP contribution >= 0.6 is 0 Å². The topological polar surface area (TPSA) is 123 Å². The largest absolute Gasteiger partial charge is 0.451 e. The Balaban J connectivity index is 1.48. The molecule has 2 aromatic carbocycles. The molecule has 1 aliphatic heterocycles. The number of fused-ring (bicyclic) bond motifs is 1. The fourth-order valence-corrected chi connectivity index (χ4v) is 4.39. The number of para-hydroxylation sites is 1. The Kier molecular flexibility index (Phi) is 6.16. The lowest BCUT2D eigenvalue weighted by Crippen LogP contribution is -2.40. The van der Waals surface area contributed by atoms with Gasteiger partial charge in [-0.2, -0.15) is 10.4 Å². The first-order valence-corrected chi connectivity index (χ1v) is 11.3. The number of piperidine rings is 1. The molecule has 3 heterocycles. The first kappa shape index (κ1) is 23.2. The molecule has 0 spiro atoms. The number of nitrogen functional groups attached to an aromatic ring is 1. The fourth-order valence-electron chi connectivity index (χ4n) is 4.39. The van der Waals surface area contributed by atoms with Gasteiger partial charge in [0.15, 0.2) is 23.0 Å². The van der Waals surface area contributed by atoms with Crippen molar-refractivity contribution in [3.05, 3.63) is 60.4 Å². The number of amides is 1. The Labute approximate surface area is 204 Å². The van der Waals surface area contributed by atoms with Crippen molar-refractivity contribution in [1.29, 1.82) is 5.26 Å². The van der Waals surface area contributed by atoms with Crippen LogP contribution in [0.1, 0.15) is 25.3 Å². The molecule has 1 fully saturated rings. The molecule has 1 aliphatic rings. The van der Waals surface area contributed by atoms with Crippen LogP contribution in [0.15, 0.2) is 48.8 Å². The molecule has 182 valence electrons. The van der Waals surface area contributed by atoms with E-state index < -0.39 is 17.4 Å². The number of halogens is 2. The second-order valence-electron chi connectivity index (χ2n) is 8.40.